The minimum Gasteiger partial charge on any atom is -0.456 e. The van der Waals surface area contributed by atoms with Crippen molar-refractivity contribution < 1.29 is 14.3 Å². The number of nitrogens with zero attached hydrogens (tertiary/aromatic N) is 1. The first kappa shape index (κ1) is 22.2. The summed E-state index contributed by atoms with van der Waals surface area (Å²) in [6.07, 6.45) is 3.53. The molecule has 0 amide bonds. The molecule has 1 atom stereocenters. The lowest BCUT2D eigenvalue weighted by Gasteiger charge is -2.38. The molecule has 0 spiro atoms. The lowest BCUT2D eigenvalue weighted by molar-refractivity contribution is -0.150. The fraction of sp³-hybridized carbons (Fsp3) is 0.393. The number of ether oxygens (including phenoxy) is 2. The van der Waals surface area contributed by atoms with Crippen LogP contribution in [0, 0.1) is 0 Å². The number of benzene rings is 2. The van der Waals surface area contributed by atoms with Crippen LogP contribution < -0.4 is 0 Å². The van der Waals surface area contributed by atoms with Gasteiger partial charge in [-0.15, -0.1) is 0 Å². The quantitative estimate of drug-likeness (QED) is 0.535. The highest BCUT2D eigenvalue weighted by molar-refractivity contribution is 5.97. The number of hydrogen-bond acceptors (Lipinski definition) is 4. The molecule has 0 aromatic heterocycles. The van der Waals surface area contributed by atoms with Gasteiger partial charge >= 0.3 is 5.97 Å². The van der Waals surface area contributed by atoms with E-state index in [1.807, 2.05) is 64.1 Å². The Bertz CT molecular complexity index is 1010. The molecule has 4 nitrogen and oxygen atoms in total. The van der Waals surface area contributed by atoms with Gasteiger partial charge in [0.1, 0.15) is 11.4 Å². The van der Waals surface area contributed by atoms with Crippen LogP contribution in [0.4, 0.5) is 0 Å². The zero-order chi connectivity index (χ0) is 22.7. The van der Waals surface area contributed by atoms with Crippen molar-refractivity contribution in [2.75, 3.05) is 13.1 Å². The number of carbonyl (C=O) groups is 1. The molecule has 2 aliphatic rings. The first-order valence-electron chi connectivity index (χ1n) is 11.6. The van der Waals surface area contributed by atoms with Crippen molar-refractivity contribution in [3.05, 3.63) is 89.0 Å². The molecule has 0 saturated carbocycles. The summed E-state index contributed by atoms with van der Waals surface area (Å²) in [5.41, 5.74) is 3.14. The second kappa shape index (κ2) is 9.23. The summed E-state index contributed by atoms with van der Waals surface area (Å²) in [4.78, 5) is 15.8. The summed E-state index contributed by atoms with van der Waals surface area (Å²) >= 11 is 0. The molecular formula is C28H33NO3. The minimum atomic E-state index is -0.588. The van der Waals surface area contributed by atoms with Crippen LogP contribution in [0.25, 0.3) is 5.57 Å². The Balaban J connectivity index is 1.91. The van der Waals surface area contributed by atoms with Gasteiger partial charge in [-0.3, -0.25) is 0 Å². The van der Waals surface area contributed by atoms with Gasteiger partial charge in [-0.25, -0.2) is 4.79 Å². The van der Waals surface area contributed by atoms with E-state index in [1.165, 1.54) is 6.42 Å². The molecule has 2 aromatic rings. The van der Waals surface area contributed by atoms with E-state index in [9.17, 15) is 4.79 Å². The Hall–Kier alpha value is -3.01. The third-order valence-corrected chi connectivity index (χ3v) is 5.92. The summed E-state index contributed by atoms with van der Waals surface area (Å²) in [6.45, 7) is 9.50. The molecule has 4 rings (SSSR count). The Morgan fingerprint density at radius 3 is 2.12 bits per heavy atom. The van der Waals surface area contributed by atoms with Gasteiger partial charge in [0.05, 0.1) is 11.5 Å². The van der Waals surface area contributed by atoms with Crippen molar-refractivity contribution >= 4 is 11.5 Å². The molecule has 4 heteroatoms. The van der Waals surface area contributed by atoms with Crippen LogP contribution in [0.2, 0.25) is 0 Å². The van der Waals surface area contributed by atoms with E-state index in [-0.39, 0.29) is 11.9 Å². The van der Waals surface area contributed by atoms with Gasteiger partial charge in [0.15, 0.2) is 5.88 Å². The summed E-state index contributed by atoms with van der Waals surface area (Å²) < 4.78 is 12.3. The zero-order valence-electron chi connectivity index (χ0n) is 19.6. The largest absolute Gasteiger partial charge is 0.456 e. The number of hydrogen-bond donors (Lipinski definition) is 0. The van der Waals surface area contributed by atoms with E-state index < -0.39 is 5.60 Å². The second-order valence-electron chi connectivity index (χ2n) is 9.55. The molecule has 0 radical (unpaired) electrons. The number of esters is 1. The number of piperidine rings is 1. The summed E-state index contributed by atoms with van der Waals surface area (Å²) in [7, 11) is 0. The van der Waals surface area contributed by atoms with Crippen molar-refractivity contribution in [1.29, 1.82) is 0 Å². The minimum absolute atomic E-state index is 0.265. The first-order valence-corrected chi connectivity index (χ1v) is 11.6. The molecule has 32 heavy (non-hydrogen) atoms. The smallest absolute Gasteiger partial charge is 0.338 e. The maximum atomic E-state index is 13.5. The molecule has 0 aliphatic carbocycles. The standard InChI is InChI=1S/C28H33NO3/c1-20-23(27(30)32-28(2,3)4)24(21-14-8-5-9-15-21)25(22-16-10-6-11-17-22)26(31-20)29-18-12-7-13-19-29/h5-6,8-11,14-17,24H,7,12-13,18-19H2,1-4H3/t24-/m1/s1. The normalized spacial score (nSPS) is 19.6. The molecule has 2 heterocycles. The SMILES string of the molecule is CC1=C(C(=O)OC(C)(C)C)[C@@H](c2ccccc2)C(c2ccccc2)=C(N2CCCCC2)O1. The number of allylic oxidation sites excluding steroid dienone is 2. The highest BCUT2D eigenvalue weighted by Crippen LogP contribution is 2.47. The van der Waals surface area contributed by atoms with Crippen LogP contribution in [0.5, 0.6) is 0 Å². The highest BCUT2D eigenvalue weighted by Gasteiger charge is 2.40. The lowest BCUT2D eigenvalue weighted by Crippen LogP contribution is -2.35. The predicted molar refractivity (Wildman–Crippen MR) is 128 cm³/mol. The van der Waals surface area contributed by atoms with Gasteiger partial charge in [-0.1, -0.05) is 60.7 Å². The zero-order valence-corrected chi connectivity index (χ0v) is 19.6. The Kier molecular flexibility index (Phi) is 6.40. The van der Waals surface area contributed by atoms with E-state index >= 15 is 0 Å². The Labute approximate surface area is 191 Å². The van der Waals surface area contributed by atoms with E-state index in [1.54, 1.807) is 0 Å². The Morgan fingerprint density at radius 2 is 1.53 bits per heavy atom. The van der Waals surface area contributed by atoms with Crippen LogP contribution in [0.1, 0.15) is 64.0 Å². The molecular weight excluding hydrogens is 398 g/mol. The van der Waals surface area contributed by atoms with E-state index in [4.69, 9.17) is 9.47 Å². The molecule has 2 aromatic carbocycles. The fourth-order valence-electron chi connectivity index (χ4n) is 4.54. The summed E-state index contributed by atoms with van der Waals surface area (Å²) in [5, 5.41) is 0. The van der Waals surface area contributed by atoms with Gasteiger partial charge in [-0.2, -0.15) is 0 Å². The molecule has 0 unspecified atom stereocenters. The van der Waals surface area contributed by atoms with E-state index in [0.29, 0.717) is 11.3 Å². The predicted octanol–water partition coefficient (Wildman–Crippen LogP) is 6.27. The van der Waals surface area contributed by atoms with Gasteiger partial charge in [0.2, 0.25) is 0 Å². The van der Waals surface area contributed by atoms with Crippen molar-refractivity contribution in [1.82, 2.24) is 4.90 Å². The maximum Gasteiger partial charge on any atom is 0.338 e. The number of rotatable bonds is 4. The van der Waals surface area contributed by atoms with Crippen molar-refractivity contribution in [3.63, 3.8) is 0 Å². The monoisotopic (exact) mass is 431 g/mol. The van der Waals surface area contributed by atoms with E-state index in [0.717, 1.165) is 48.5 Å². The molecule has 0 N–H and O–H groups in total. The number of carbonyl (C=O) groups excluding carboxylic acids is 1. The van der Waals surface area contributed by atoms with Gasteiger partial charge < -0.3 is 14.4 Å². The Morgan fingerprint density at radius 1 is 0.938 bits per heavy atom. The van der Waals surface area contributed by atoms with Crippen LogP contribution >= 0.6 is 0 Å². The van der Waals surface area contributed by atoms with Crippen LogP contribution in [-0.4, -0.2) is 29.6 Å². The van der Waals surface area contributed by atoms with Crippen molar-refractivity contribution in [2.24, 2.45) is 0 Å². The van der Waals surface area contributed by atoms with E-state index in [2.05, 4.69) is 29.2 Å². The third-order valence-electron chi connectivity index (χ3n) is 5.92. The molecule has 1 saturated heterocycles. The summed E-state index contributed by atoms with van der Waals surface area (Å²) in [5.74, 6) is 0.900. The average Bonchev–Trinajstić information content (AvgIpc) is 2.79. The average molecular weight is 432 g/mol. The highest BCUT2D eigenvalue weighted by atomic mass is 16.6. The third kappa shape index (κ3) is 4.74. The fourth-order valence-corrected chi connectivity index (χ4v) is 4.54. The maximum absolute atomic E-state index is 13.5. The molecule has 1 fully saturated rings. The molecule has 0 bridgehead atoms. The van der Waals surface area contributed by atoms with Crippen LogP contribution in [0.15, 0.2) is 77.9 Å². The van der Waals surface area contributed by atoms with Crippen LogP contribution in [0.3, 0.4) is 0 Å². The summed E-state index contributed by atoms with van der Waals surface area (Å²) in [6, 6.07) is 20.5. The van der Waals surface area contributed by atoms with Crippen molar-refractivity contribution in [2.45, 2.75) is 58.5 Å². The van der Waals surface area contributed by atoms with Crippen LogP contribution in [-0.2, 0) is 14.3 Å². The molecule has 168 valence electrons. The second-order valence-corrected chi connectivity index (χ2v) is 9.55. The molecule has 2 aliphatic heterocycles. The lowest BCUT2D eigenvalue weighted by atomic mass is 9.79. The van der Waals surface area contributed by atoms with Gasteiger partial charge in [0.25, 0.3) is 0 Å². The first-order chi connectivity index (χ1) is 15.3. The van der Waals surface area contributed by atoms with Gasteiger partial charge in [0, 0.05) is 18.7 Å². The van der Waals surface area contributed by atoms with Crippen molar-refractivity contribution in [3.8, 4) is 0 Å². The van der Waals surface area contributed by atoms with Gasteiger partial charge in [-0.05, 0) is 58.1 Å². The topological polar surface area (TPSA) is 38.8 Å². The number of likely N-dealkylation sites (tertiary alicyclic amines) is 1.